The third-order valence-corrected chi connectivity index (χ3v) is 5.69. The highest BCUT2D eigenvalue weighted by Gasteiger charge is 2.21. The van der Waals surface area contributed by atoms with Crippen LogP contribution in [0, 0.1) is 17.1 Å². The highest BCUT2D eigenvalue weighted by Crippen LogP contribution is 2.31. The van der Waals surface area contributed by atoms with E-state index in [0.717, 1.165) is 19.4 Å². The average molecular weight is 433 g/mol. The lowest BCUT2D eigenvalue weighted by Crippen LogP contribution is -2.32. The Morgan fingerprint density at radius 2 is 2.03 bits per heavy atom. The van der Waals surface area contributed by atoms with Gasteiger partial charge >= 0.3 is 0 Å². The van der Waals surface area contributed by atoms with Crippen molar-refractivity contribution in [1.82, 2.24) is 14.9 Å². The van der Waals surface area contributed by atoms with Crippen LogP contribution in [-0.2, 0) is 7.05 Å². The highest BCUT2D eigenvalue weighted by molar-refractivity contribution is 5.81. The number of ether oxygens (including phenoxy) is 1. The van der Waals surface area contributed by atoms with Crippen LogP contribution in [0.25, 0.3) is 22.4 Å². The van der Waals surface area contributed by atoms with Gasteiger partial charge in [0.05, 0.1) is 30.0 Å². The van der Waals surface area contributed by atoms with Gasteiger partial charge in [0.1, 0.15) is 0 Å². The number of nitrogens with one attached hydrogen (secondary N) is 2. The zero-order chi connectivity index (χ0) is 22.7. The molecule has 8 heteroatoms. The second kappa shape index (κ2) is 9.20. The van der Waals surface area contributed by atoms with Gasteiger partial charge in [0, 0.05) is 25.2 Å². The lowest BCUT2D eigenvalue weighted by molar-refractivity contribution is 0.386. The van der Waals surface area contributed by atoms with Crippen LogP contribution in [0.4, 0.5) is 10.3 Å². The Kier molecular flexibility index (Phi) is 6.19. The monoisotopic (exact) mass is 433 g/mol. The first-order chi connectivity index (χ1) is 15.5. The van der Waals surface area contributed by atoms with Gasteiger partial charge in [-0.1, -0.05) is 18.2 Å². The molecule has 0 bridgehead atoms. The minimum atomic E-state index is -0.563. The van der Waals surface area contributed by atoms with Crippen molar-refractivity contribution in [3.63, 3.8) is 0 Å². The third-order valence-electron chi connectivity index (χ3n) is 5.69. The lowest BCUT2D eigenvalue weighted by Gasteiger charge is -2.18. The first-order valence-corrected chi connectivity index (χ1v) is 10.4. The molecular formula is C24H24FN5O2. The molecule has 1 saturated heterocycles. The van der Waals surface area contributed by atoms with Crippen LogP contribution in [0.15, 0.2) is 47.3 Å². The van der Waals surface area contributed by atoms with Crippen molar-refractivity contribution < 1.29 is 9.13 Å². The summed E-state index contributed by atoms with van der Waals surface area (Å²) in [7, 11) is 3.03. The second-order valence-electron chi connectivity index (χ2n) is 7.74. The van der Waals surface area contributed by atoms with E-state index in [9.17, 15) is 9.18 Å². The number of nitriles is 1. The second-order valence-corrected chi connectivity index (χ2v) is 7.74. The Bertz CT molecular complexity index is 1220. The molecule has 2 N–H and O–H groups in total. The van der Waals surface area contributed by atoms with Gasteiger partial charge < -0.3 is 15.4 Å². The predicted octanol–water partition coefficient (Wildman–Crippen LogP) is 3.30. The first kappa shape index (κ1) is 21.5. The fraction of sp³-hybridized carbons (Fsp3) is 0.292. The number of hydrogen-bond donors (Lipinski definition) is 2. The van der Waals surface area contributed by atoms with Crippen molar-refractivity contribution in [2.24, 2.45) is 7.05 Å². The van der Waals surface area contributed by atoms with Gasteiger partial charge in [-0.3, -0.25) is 9.36 Å². The van der Waals surface area contributed by atoms with E-state index in [-0.39, 0.29) is 16.9 Å². The van der Waals surface area contributed by atoms with Gasteiger partial charge in [-0.15, -0.1) is 0 Å². The van der Waals surface area contributed by atoms with Gasteiger partial charge in [-0.05, 0) is 49.2 Å². The largest absolute Gasteiger partial charge is 0.494 e. The molecule has 1 unspecified atom stereocenters. The molecule has 0 saturated carbocycles. The molecule has 3 aromatic rings. The standard InChI is InChI=1S/C24H24FN5O2/c1-30-23(31)21(17-9-10-20(32-2)19(25)12-17)22(16-7-5-15(13-26)6-8-16)29-24(30)28-14-18-4-3-11-27-18/h5-10,12,18,27H,3-4,11,14H2,1-2H3,(H,28,29). The molecule has 4 rings (SSSR count). The minimum Gasteiger partial charge on any atom is -0.494 e. The van der Waals surface area contributed by atoms with E-state index in [2.05, 4.69) is 16.7 Å². The minimum absolute atomic E-state index is 0.0980. The lowest BCUT2D eigenvalue weighted by atomic mass is 9.99. The van der Waals surface area contributed by atoms with Crippen LogP contribution in [0.5, 0.6) is 5.75 Å². The Morgan fingerprint density at radius 1 is 1.28 bits per heavy atom. The molecule has 164 valence electrons. The number of halogens is 1. The highest BCUT2D eigenvalue weighted by atomic mass is 19.1. The maximum absolute atomic E-state index is 14.5. The van der Waals surface area contributed by atoms with E-state index in [1.807, 2.05) is 0 Å². The van der Waals surface area contributed by atoms with E-state index < -0.39 is 5.82 Å². The van der Waals surface area contributed by atoms with Crippen LogP contribution in [0.1, 0.15) is 18.4 Å². The number of methoxy groups -OCH3 is 1. The predicted molar refractivity (Wildman–Crippen MR) is 121 cm³/mol. The summed E-state index contributed by atoms with van der Waals surface area (Å²) in [5, 5.41) is 15.8. The summed E-state index contributed by atoms with van der Waals surface area (Å²) >= 11 is 0. The molecule has 0 spiro atoms. The molecule has 1 aromatic heterocycles. The topological polar surface area (TPSA) is 92.0 Å². The number of nitrogens with zero attached hydrogens (tertiary/aromatic N) is 3. The van der Waals surface area contributed by atoms with Crippen molar-refractivity contribution in [1.29, 1.82) is 5.26 Å². The fourth-order valence-electron chi connectivity index (χ4n) is 3.90. The quantitative estimate of drug-likeness (QED) is 0.620. The van der Waals surface area contributed by atoms with Crippen LogP contribution < -0.4 is 20.9 Å². The van der Waals surface area contributed by atoms with Crippen LogP contribution in [-0.4, -0.2) is 35.8 Å². The van der Waals surface area contributed by atoms with E-state index in [4.69, 9.17) is 15.0 Å². The molecule has 1 fully saturated rings. The summed E-state index contributed by atoms with van der Waals surface area (Å²) in [5.74, 6) is -0.0334. The molecule has 1 atom stereocenters. The Morgan fingerprint density at radius 3 is 2.66 bits per heavy atom. The van der Waals surface area contributed by atoms with Crippen LogP contribution >= 0.6 is 0 Å². The number of benzene rings is 2. The van der Waals surface area contributed by atoms with E-state index in [0.29, 0.717) is 40.9 Å². The molecule has 0 aliphatic carbocycles. The van der Waals surface area contributed by atoms with Gasteiger partial charge in [0.25, 0.3) is 5.56 Å². The van der Waals surface area contributed by atoms with Crippen molar-refractivity contribution in [3.8, 4) is 34.2 Å². The van der Waals surface area contributed by atoms with Gasteiger partial charge in [0.2, 0.25) is 5.95 Å². The zero-order valence-electron chi connectivity index (χ0n) is 18.0. The fourth-order valence-corrected chi connectivity index (χ4v) is 3.90. The summed E-state index contributed by atoms with van der Waals surface area (Å²) in [5.41, 5.74) is 1.97. The molecule has 1 aliphatic rings. The third kappa shape index (κ3) is 4.20. The van der Waals surface area contributed by atoms with Crippen molar-refractivity contribution >= 4 is 5.95 Å². The van der Waals surface area contributed by atoms with Crippen LogP contribution in [0.2, 0.25) is 0 Å². The molecular weight excluding hydrogens is 409 g/mol. The summed E-state index contributed by atoms with van der Waals surface area (Å²) < 4.78 is 20.9. The summed E-state index contributed by atoms with van der Waals surface area (Å²) in [6.45, 7) is 1.63. The average Bonchev–Trinajstić information content (AvgIpc) is 3.33. The van der Waals surface area contributed by atoms with Gasteiger partial charge in [-0.2, -0.15) is 5.26 Å². The van der Waals surface area contributed by atoms with Crippen molar-refractivity contribution in [3.05, 3.63) is 64.2 Å². The maximum atomic E-state index is 14.5. The zero-order valence-corrected chi connectivity index (χ0v) is 18.0. The van der Waals surface area contributed by atoms with E-state index in [1.165, 1.54) is 23.8 Å². The first-order valence-electron chi connectivity index (χ1n) is 10.4. The van der Waals surface area contributed by atoms with Crippen LogP contribution in [0.3, 0.4) is 0 Å². The van der Waals surface area contributed by atoms with Crippen molar-refractivity contribution in [2.45, 2.75) is 18.9 Å². The van der Waals surface area contributed by atoms with Crippen molar-refractivity contribution in [2.75, 3.05) is 25.5 Å². The Balaban J connectivity index is 1.85. The summed E-state index contributed by atoms with van der Waals surface area (Å²) in [4.78, 5) is 18.2. The maximum Gasteiger partial charge on any atom is 0.263 e. The molecule has 0 radical (unpaired) electrons. The molecule has 1 aliphatic heterocycles. The number of aromatic nitrogens is 2. The summed E-state index contributed by atoms with van der Waals surface area (Å²) in [6, 6.07) is 13.6. The van der Waals surface area contributed by atoms with E-state index >= 15 is 0 Å². The molecule has 2 aromatic carbocycles. The Labute approximate surface area is 185 Å². The van der Waals surface area contributed by atoms with Gasteiger partial charge in [0.15, 0.2) is 11.6 Å². The smallest absolute Gasteiger partial charge is 0.263 e. The molecule has 0 amide bonds. The normalized spacial score (nSPS) is 15.4. The number of hydrogen-bond acceptors (Lipinski definition) is 6. The SMILES string of the molecule is COc1ccc(-c2c(-c3ccc(C#N)cc3)nc(NCC3CCCN3)n(C)c2=O)cc1F. The summed E-state index contributed by atoms with van der Waals surface area (Å²) in [6.07, 6.45) is 2.18. The molecule has 7 nitrogen and oxygen atoms in total. The number of rotatable bonds is 6. The molecule has 32 heavy (non-hydrogen) atoms. The Hall–Kier alpha value is -3.70. The molecule has 2 heterocycles. The van der Waals surface area contributed by atoms with Gasteiger partial charge in [-0.25, -0.2) is 9.37 Å². The van der Waals surface area contributed by atoms with E-state index in [1.54, 1.807) is 37.4 Å². The number of anilines is 1.